The monoisotopic (exact) mass is 208 g/mol. The minimum Gasteiger partial charge on any atom is -0.343 e. The van der Waals surface area contributed by atoms with Crippen LogP contribution in [0.25, 0.3) is 0 Å². The van der Waals surface area contributed by atoms with E-state index in [2.05, 4.69) is 5.32 Å². The van der Waals surface area contributed by atoms with Crippen molar-refractivity contribution in [1.82, 2.24) is 5.32 Å². The maximum Gasteiger partial charge on any atom is 0.227 e. The molecule has 1 rings (SSSR count). The molecular weight excluding hydrogens is 196 g/mol. The van der Waals surface area contributed by atoms with Gasteiger partial charge in [-0.3, -0.25) is 14.9 Å². The fraction of sp³-hybridized carbons (Fsp3) is 0.300. The van der Waals surface area contributed by atoms with Crippen LogP contribution >= 0.6 is 0 Å². The molecule has 0 bridgehead atoms. The third-order valence-corrected chi connectivity index (χ3v) is 1.91. The summed E-state index contributed by atoms with van der Waals surface area (Å²) < 4.78 is 0. The van der Waals surface area contributed by atoms with Crippen LogP contribution in [0.15, 0.2) is 30.3 Å². The summed E-state index contributed by atoms with van der Waals surface area (Å²) in [4.78, 5) is 20.9. The van der Waals surface area contributed by atoms with Crippen molar-refractivity contribution in [3.63, 3.8) is 0 Å². The van der Waals surface area contributed by atoms with Crippen LogP contribution in [0.3, 0.4) is 0 Å². The number of benzene rings is 1. The molecule has 1 atom stereocenters. The van der Waals surface area contributed by atoms with E-state index in [-0.39, 0.29) is 12.5 Å². The third kappa shape index (κ3) is 3.76. The van der Waals surface area contributed by atoms with Crippen molar-refractivity contribution >= 4 is 5.91 Å². The Hall–Kier alpha value is -1.91. The van der Waals surface area contributed by atoms with Gasteiger partial charge in [0.1, 0.15) is 6.04 Å². The molecule has 0 unspecified atom stereocenters. The molecule has 0 aliphatic heterocycles. The number of carbonyl (C=O) groups excluding carboxylic acids is 1. The van der Waals surface area contributed by atoms with Gasteiger partial charge >= 0.3 is 0 Å². The van der Waals surface area contributed by atoms with Crippen LogP contribution in [0.2, 0.25) is 0 Å². The first-order chi connectivity index (χ1) is 7.09. The van der Waals surface area contributed by atoms with Crippen LogP contribution in [0.1, 0.15) is 18.5 Å². The van der Waals surface area contributed by atoms with E-state index in [1.807, 2.05) is 6.07 Å². The molecule has 0 aliphatic carbocycles. The van der Waals surface area contributed by atoms with Crippen molar-refractivity contribution in [3.05, 3.63) is 46.0 Å². The lowest BCUT2D eigenvalue weighted by Crippen LogP contribution is -2.31. The Labute approximate surface area is 87.3 Å². The van der Waals surface area contributed by atoms with Gasteiger partial charge in [0.05, 0.1) is 0 Å². The summed E-state index contributed by atoms with van der Waals surface area (Å²) >= 11 is 0. The van der Waals surface area contributed by atoms with Gasteiger partial charge in [0.2, 0.25) is 12.5 Å². The summed E-state index contributed by atoms with van der Waals surface area (Å²) in [5, 5.41) is 13.0. The molecule has 5 heteroatoms. The minimum absolute atomic E-state index is 0.272. The zero-order chi connectivity index (χ0) is 11.3. The first-order valence-electron chi connectivity index (χ1n) is 4.53. The lowest BCUT2D eigenvalue weighted by atomic mass is 10.1. The van der Waals surface area contributed by atoms with E-state index in [9.17, 15) is 14.9 Å². The Kier molecular flexibility index (Phi) is 3.79. The first kappa shape index (κ1) is 11.2. The first-order valence-corrected chi connectivity index (χ1v) is 4.53. The molecule has 0 saturated heterocycles. The van der Waals surface area contributed by atoms with Gasteiger partial charge in [0, 0.05) is 11.8 Å². The highest BCUT2D eigenvalue weighted by Crippen LogP contribution is 2.12. The quantitative estimate of drug-likeness (QED) is 0.595. The Morgan fingerprint density at radius 3 is 2.53 bits per heavy atom. The molecule has 0 spiro atoms. The predicted octanol–water partition coefficient (Wildman–Crippen LogP) is 1.14. The van der Waals surface area contributed by atoms with Crippen molar-refractivity contribution in [2.24, 2.45) is 0 Å². The Balaban J connectivity index is 2.81. The lowest BCUT2D eigenvalue weighted by molar-refractivity contribution is -0.484. The molecule has 1 aromatic carbocycles. The van der Waals surface area contributed by atoms with Crippen molar-refractivity contribution in [2.75, 3.05) is 6.54 Å². The number of nitro groups is 1. The second-order valence-corrected chi connectivity index (χ2v) is 3.18. The SMILES string of the molecule is CC(=O)N[C@H](C[N+](=O)[O-])c1ccccc1. The van der Waals surface area contributed by atoms with Gasteiger partial charge in [-0.25, -0.2) is 0 Å². The van der Waals surface area contributed by atoms with Gasteiger partial charge in [-0.15, -0.1) is 0 Å². The second-order valence-electron chi connectivity index (χ2n) is 3.18. The van der Waals surface area contributed by atoms with E-state index < -0.39 is 11.0 Å². The standard InChI is InChI=1S/C10H12N2O3/c1-8(13)11-10(7-12(14)15)9-5-3-2-4-6-9/h2-6,10H,7H2,1H3,(H,11,13)/t10-/m1/s1. The van der Waals surface area contributed by atoms with Crippen molar-refractivity contribution in [2.45, 2.75) is 13.0 Å². The molecule has 1 N–H and O–H groups in total. The highest BCUT2D eigenvalue weighted by Gasteiger charge is 2.17. The van der Waals surface area contributed by atoms with Crippen LogP contribution in [-0.2, 0) is 4.79 Å². The van der Waals surface area contributed by atoms with Crippen LogP contribution in [0.5, 0.6) is 0 Å². The Morgan fingerprint density at radius 1 is 1.47 bits per heavy atom. The van der Waals surface area contributed by atoms with E-state index >= 15 is 0 Å². The van der Waals surface area contributed by atoms with Crippen LogP contribution in [-0.4, -0.2) is 17.4 Å². The highest BCUT2D eigenvalue weighted by molar-refractivity contribution is 5.73. The lowest BCUT2D eigenvalue weighted by Gasteiger charge is -2.13. The average Bonchev–Trinajstić information content (AvgIpc) is 2.17. The smallest absolute Gasteiger partial charge is 0.227 e. The normalized spacial score (nSPS) is 11.8. The molecule has 0 heterocycles. The predicted molar refractivity (Wildman–Crippen MR) is 54.9 cm³/mol. The molecule has 5 nitrogen and oxygen atoms in total. The molecule has 1 aromatic rings. The van der Waals surface area contributed by atoms with Crippen LogP contribution < -0.4 is 5.32 Å². The van der Waals surface area contributed by atoms with Crippen LogP contribution in [0.4, 0.5) is 0 Å². The molecule has 0 aliphatic rings. The van der Waals surface area contributed by atoms with Gasteiger partial charge < -0.3 is 5.32 Å². The molecule has 0 fully saturated rings. The molecule has 1 amide bonds. The molecular formula is C10H12N2O3. The van der Waals surface area contributed by atoms with Gasteiger partial charge in [-0.05, 0) is 5.56 Å². The van der Waals surface area contributed by atoms with Gasteiger partial charge in [0.15, 0.2) is 0 Å². The summed E-state index contributed by atoms with van der Waals surface area (Å²) in [5.74, 6) is -0.272. The van der Waals surface area contributed by atoms with E-state index in [0.717, 1.165) is 5.56 Å². The molecule has 15 heavy (non-hydrogen) atoms. The summed E-state index contributed by atoms with van der Waals surface area (Å²) in [6.07, 6.45) is 0. The molecule has 0 aromatic heterocycles. The highest BCUT2D eigenvalue weighted by atomic mass is 16.6. The summed E-state index contributed by atoms with van der Waals surface area (Å²) in [6, 6.07) is 8.33. The zero-order valence-corrected chi connectivity index (χ0v) is 8.34. The molecule has 0 radical (unpaired) electrons. The van der Waals surface area contributed by atoms with Gasteiger partial charge in [0.25, 0.3) is 0 Å². The summed E-state index contributed by atoms with van der Waals surface area (Å²) in [7, 11) is 0. The maximum absolute atomic E-state index is 10.9. The average molecular weight is 208 g/mol. The number of nitrogens with zero attached hydrogens (tertiary/aromatic N) is 1. The fourth-order valence-corrected chi connectivity index (χ4v) is 1.31. The van der Waals surface area contributed by atoms with Gasteiger partial charge in [-0.2, -0.15) is 0 Å². The largest absolute Gasteiger partial charge is 0.343 e. The number of nitrogens with one attached hydrogen (secondary N) is 1. The van der Waals surface area contributed by atoms with E-state index in [1.54, 1.807) is 24.3 Å². The minimum atomic E-state index is -0.557. The molecule has 80 valence electrons. The summed E-state index contributed by atoms with van der Waals surface area (Å²) in [5.41, 5.74) is 0.740. The zero-order valence-electron chi connectivity index (χ0n) is 8.34. The van der Waals surface area contributed by atoms with E-state index in [1.165, 1.54) is 6.92 Å². The van der Waals surface area contributed by atoms with Crippen molar-refractivity contribution in [1.29, 1.82) is 0 Å². The van der Waals surface area contributed by atoms with Gasteiger partial charge in [-0.1, -0.05) is 30.3 Å². The van der Waals surface area contributed by atoms with Crippen molar-refractivity contribution < 1.29 is 9.72 Å². The Bertz CT molecular complexity index is 335. The Morgan fingerprint density at radius 2 is 2.07 bits per heavy atom. The molecule has 0 saturated carbocycles. The number of hydrogen-bond acceptors (Lipinski definition) is 3. The van der Waals surface area contributed by atoms with E-state index in [0.29, 0.717) is 0 Å². The fourth-order valence-electron chi connectivity index (χ4n) is 1.31. The summed E-state index contributed by atoms with van der Waals surface area (Å²) in [6.45, 7) is 1.04. The third-order valence-electron chi connectivity index (χ3n) is 1.91. The maximum atomic E-state index is 10.9. The number of hydrogen-bond donors (Lipinski definition) is 1. The van der Waals surface area contributed by atoms with E-state index in [4.69, 9.17) is 0 Å². The van der Waals surface area contributed by atoms with Crippen LogP contribution in [0, 0.1) is 10.1 Å². The number of rotatable bonds is 4. The number of amides is 1. The second kappa shape index (κ2) is 5.09. The number of carbonyl (C=O) groups is 1. The van der Waals surface area contributed by atoms with Crippen molar-refractivity contribution in [3.8, 4) is 0 Å². The topological polar surface area (TPSA) is 72.2 Å².